The Kier molecular flexibility index (Phi) is 5.83. The summed E-state index contributed by atoms with van der Waals surface area (Å²) in [6.07, 6.45) is -0.573. The van der Waals surface area contributed by atoms with Gasteiger partial charge in [0.2, 0.25) is 0 Å². The number of halogens is 1. The maximum absolute atomic E-state index is 12.5. The van der Waals surface area contributed by atoms with E-state index in [4.69, 9.17) is 4.74 Å². The van der Waals surface area contributed by atoms with Gasteiger partial charge < -0.3 is 10.1 Å². The van der Waals surface area contributed by atoms with Crippen molar-refractivity contribution in [3.8, 4) is 5.75 Å². The predicted molar refractivity (Wildman–Crippen MR) is 98.1 cm³/mol. The standard InChI is InChI=1S/C19H22BrNO2/c1-12(2)17-7-5-6-13(3)18(17)21-19(22)14(4)23-16-10-8-15(20)9-11-16/h5-12,14H,1-4H3,(H,21,22)/t14-/m0/s1. The fourth-order valence-corrected chi connectivity index (χ4v) is 2.60. The molecule has 2 rings (SSSR count). The molecule has 3 nitrogen and oxygen atoms in total. The molecule has 0 bridgehead atoms. The highest BCUT2D eigenvalue weighted by molar-refractivity contribution is 9.10. The van der Waals surface area contributed by atoms with Crippen molar-refractivity contribution >= 4 is 27.5 Å². The molecule has 0 aliphatic heterocycles. The highest BCUT2D eigenvalue weighted by Gasteiger charge is 2.18. The number of benzene rings is 2. The van der Waals surface area contributed by atoms with Crippen LogP contribution in [0.4, 0.5) is 5.69 Å². The summed E-state index contributed by atoms with van der Waals surface area (Å²) in [5, 5.41) is 3.02. The Balaban J connectivity index is 2.11. The Morgan fingerprint density at radius 1 is 1.09 bits per heavy atom. The summed E-state index contributed by atoms with van der Waals surface area (Å²) < 4.78 is 6.69. The van der Waals surface area contributed by atoms with Crippen molar-refractivity contribution in [3.05, 3.63) is 58.1 Å². The molecule has 2 aromatic carbocycles. The van der Waals surface area contributed by atoms with Gasteiger partial charge in [0.1, 0.15) is 5.75 Å². The van der Waals surface area contributed by atoms with Gasteiger partial charge in [-0.05, 0) is 55.2 Å². The predicted octanol–water partition coefficient (Wildman–Crippen LogP) is 5.29. The van der Waals surface area contributed by atoms with E-state index in [2.05, 4.69) is 35.1 Å². The molecule has 0 unspecified atom stereocenters. The second-order valence-corrected chi connectivity index (χ2v) is 6.81. The van der Waals surface area contributed by atoms with Crippen molar-refractivity contribution in [3.63, 3.8) is 0 Å². The van der Waals surface area contributed by atoms with Gasteiger partial charge in [-0.3, -0.25) is 4.79 Å². The van der Waals surface area contributed by atoms with E-state index < -0.39 is 6.10 Å². The second kappa shape index (κ2) is 7.64. The fraction of sp³-hybridized carbons (Fsp3) is 0.316. The van der Waals surface area contributed by atoms with Crippen LogP contribution in [0.5, 0.6) is 5.75 Å². The maximum atomic E-state index is 12.5. The molecule has 0 aliphatic rings. The van der Waals surface area contributed by atoms with E-state index in [1.54, 1.807) is 6.92 Å². The molecular weight excluding hydrogens is 354 g/mol. The molecule has 122 valence electrons. The molecule has 4 heteroatoms. The zero-order chi connectivity index (χ0) is 17.0. The number of rotatable bonds is 5. The van der Waals surface area contributed by atoms with E-state index in [1.807, 2.05) is 49.4 Å². The van der Waals surface area contributed by atoms with E-state index in [1.165, 1.54) is 0 Å². The van der Waals surface area contributed by atoms with Crippen molar-refractivity contribution < 1.29 is 9.53 Å². The first-order valence-electron chi connectivity index (χ1n) is 7.71. The fourth-order valence-electron chi connectivity index (χ4n) is 2.34. The molecule has 2 aromatic rings. The third-order valence-corrected chi connectivity index (χ3v) is 4.20. The first-order chi connectivity index (χ1) is 10.9. The zero-order valence-electron chi connectivity index (χ0n) is 13.9. The lowest BCUT2D eigenvalue weighted by Gasteiger charge is -2.19. The number of ether oxygens (including phenoxy) is 1. The lowest BCUT2D eigenvalue weighted by molar-refractivity contribution is -0.122. The normalized spacial score (nSPS) is 12.1. The van der Waals surface area contributed by atoms with Gasteiger partial charge in [-0.25, -0.2) is 0 Å². The third kappa shape index (κ3) is 4.58. The number of aryl methyl sites for hydroxylation is 1. The minimum absolute atomic E-state index is 0.149. The largest absolute Gasteiger partial charge is 0.481 e. The number of hydrogen-bond acceptors (Lipinski definition) is 2. The maximum Gasteiger partial charge on any atom is 0.265 e. The monoisotopic (exact) mass is 375 g/mol. The minimum atomic E-state index is -0.573. The number of hydrogen-bond donors (Lipinski definition) is 1. The number of para-hydroxylation sites is 1. The SMILES string of the molecule is Cc1cccc(C(C)C)c1NC(=O)[C@H](C)Oc1ccc(Br)cc1. The molecule has 1 N–H and O–H groups in total. The summed E-state index contributed by atoms with van der Waals surface area (Å²) in [7, 11) is 0. The molecule has 0 saturated heterocycles. The van der Waals surface area contributed by atoms with Crippen LogP contribution in [0, 0.1) is 6.92 Å². The van der Waals surface area contributed by atoms with Gasteiger partial charge in [0.05, 0.1) is 0 Å². The van der Waals surface area contributed by atoms with Crippen molar-refractivity contribution in [1.82, 2.24) is 0 Å². The highest BCUT2D eigenvalue weighted by atomic mass is 79.9. The number of carbonyl (C=O) groups excluding carboxylic acids is 1. The van der Waals surface area contributed by atoms with Crippen LogP contribution in [0.1, 0.15) is 37.8 Å². The molecule has 0 spiro atoms. The van der Waals surface area contributed by atoms with Gasteiger partial charge in [-0.1, -0.05) is 48.0 Å². The summed E-state index contributed by atoms with van der Waals surface area (Å²) in [4.78, 5) is 12.5. The third-order valence-electron chi connectivity index (χ3n) is 3.67. The van der Waals surface area contributed by atoms with Crippen LogP contribution in [0.25, 0.3) is 0 Å². The lowest BCUT2D eigenvalue weighted by atomic mass is 9.98. The van der Waals surface area contributed by atoms with Crippen LogP contribution in [-0.2, 0) is 4.79 Å². The van der Waals surface area contributed by atoms with Crippen molar-refractivity contribution in [2.75, 3.05) is 5.32 Å². The first kappa shape index (κ1) is 17.5. The topological polar surface area (TPSA) is 38.3 Å². The molecule has 23 heavy (non-hydrogen) atoms. The zero-order valence-corrected chi connectivity index (χ0v) is 15.5. The number of amides is 1. The van der Waals surface area contributed by atoms with Crippen LogP contribution < -0.4 is 10.1 Å². The first-order valence-corrected chi connectivity index (χ1v) is 8.50. The van der Waals surface area contributed by atoms with Crippen LogP contribution in [0.15, 0.2) is 46.9 Å². The van der Waals surface area contributed by atoms with Gasteiger partial charge in [-0.2, -0.15) is 0 Å². The number of anilines is 1. The molecular formula is C19H22BrNO2. The molecule has 0 aromatic heterocycles. The van der Waals surface area contributed by atoms with E-state index in [0.29, 0.717) is 11.7 Å². The Morgan fingerprint density at radius 3 is 2.35 bits per heavy atom. The number of carbonyl (C=O) groups is 1. The number of nitrogens with one attached hydrogen (secondary N) is 1. The minimum Gasteiger partial charge on any atom is -0.481 e. The van der Waals surface area contributed by atoms with Gasteiger partial charge >= 0.3 is 0 Å². The summed E-state index contributed by atoms with van der Waals surface area (Å²) in [6, 6.07) is 13.5. The average Bonchev–Trinajstić information content (AvgIpc) is 2.51. The molecule has 0 saturated carbocycles. The summed E-state index contributed by atoms with van der Waals surface area (Å²) >= 11 is 3.38. The summed E-state index contributed by atoms with van der Waals surface area (Å²) in [6.45, 7) is 7.99. The molecule has 1 amide bonds. The van der Waals surface area contributed by atoms with Crippen LogP contribution >= 0.6 is 15.9 Å². The Morgan fingerprint density at radius 2 is 1.74 bits per heavy atom. The molecule has 0 aliphatic carbocycles. The Labute approximate surface area is 146 Å². The summed E-state index contributed by atoms with van der Waals surface area (Å²) in [5.41, 5.74) is 3.08. The van der Waals surface area contributed by atoms with E-state index in [9.17, 15) is 4.79 Å². The van der Waals surface area contributed by atoms with Gasteiger partial charge in [0.25, 0.3) is 5.91 Å². The summed E-state index contributed by atoms with van der Waals surface area (Å²) in [5.74, 6) is 0.863. The van der Waals surface area contributed by atoms with E-state index in [0.717, 1.165) is 21.3 Å². The second-order valence-electron chi connectivity index (χ2n) is 5.90. The molecule has 0 fully saturated rings. The Bertz CT molecular complexity index is 680. The van der Waals surface area contributed by atoms with Crippen LogP contribution in [-0.4, -0.2) is 12.0 Å². The highest BCUT2D eigenvalue weighted by Crippen LogP contribution is 2.27. The molecule has 0 heterocycles. The van der Waals surface area contributed by atoms with Crippen LogP contribution in [0.2, 0.25) is 0 Å². The molecule has 1 atom stereocenters. The van der Waals surface area contributed by atoms with Gasteiger partial charge in [0.15, 0.2) is 6.10 Å². The Hall–Kier alpha value is -1.81. The van der Waals surface area contributed by atoms with Crippen molar-refractivity contribution in [2.24, 2.45) is 0 Å². The van der Waals surface area contributed by atoms with Crippen molar-refractivity contribution in [2.45, 2.75) is 39.7 Å². The van der Waals surface area contributed by atoms with E-state index >= 15 is 0 Å². The van der Waals surface area contributed by atoms with E-state index in [-0.39, 0.29) is 5.91 Å². The van der Waals surface area contributed by atoms with Gasteiger partial charge in [0, 0.05) is 10.2 Å². The quantitative estimate of drug-likeness (QED) is 0.770. The lowest BCUT2D eigenvalue weighted by Crippen LogP contribution is -2.30. The smallest absolute Gasteiger partial charge is 0.265 e. The van der Waals surface area contributed by atoms with Gasteiger partial charge in [-0.15, -0.1) is 0 Å². The van der Waals surface area contributed by atoms with Crippen LogP contribution in [0.3, 0.4) is 0 Å². The average molecular weight is 376 g/mol. The van der Waals surface area contributed by atoms with Crippen molar-refractivity contribution in [1.29, 1.82) is 0 Å². The molecule has 0 radical (unpaired) electrons.